The van der Waals surface area contributed by atoms with Crippen LogP contribution in [0.1, 0.15) is 33.8 Å². The lowest BCUT2D eigenvalue weighted by Gasteiger charge is -2.35. The van der Waals surface area contributed by atoms with Crippen LogP contribution in [0.5, 0.6) is 0 Å². The highest BCUT2D eigenvalue weighted by atomic mass is 35.5. The predicted octanol–water partition coefficient (Wildman–Crippen LogP) is 4.04. The van der Waals surface area contributed by atoms with E-state index in [-0.39, 0.29) is 11.9 Å². The standard InChI is InChI=1S/C16H15ClN2OS2/c1-10-11-7-9-22-14(11)6-8-19(10)16(21)18-15(20)12-4-2-3-5-13(12)17/h2-5,7,9-10H,6,8H2,1H3,(H,18,20,21)/t10-/m1/s1. The van der Waals surface area contributed by atoms with E-state index < -0.39 is 0 Å². The molecule has 1 aromatic heterocycles. The third kappa shape index (κ3) is 2.89. The molecule has 2 aromatic rings. The van der Waals surface area contributed by atoms with Gasteiger partial charge in [0.25, 0.3) is 5.91 Å². The van der Waals surface area contributed by atoms with E-state index in [1.807, 2.05) is 0 Å². The van der Waals surface area contributed by atoms with Gasteiger partial charge in [-0.25, -0.2) is 0 Å². The molecular formula is C16H15ClN2OS2. The van der Waals surface area contributed by atoms with Crippen molar-refractivity contribution >= 4 is 46.2 Å². The molecule has 2 heterocycles. The van der Waals surface area contributed by atoms with Crippen LogP contribution in [0.25, 0.3) is 0 Å². The van der Waals surface area contributed by atoms with Gasteiger partial charge in [-0.1, -0.05) is 23.7 Å². The second-order valence-electron chi connectivity index (χ2n) is 5.16. The lowest BCUT2D eigenvalue weighted by Crippen LogP contribution is -2.46. The second-order valence-corrected chi connectivity index (χ2v) is 6.95. The summed E-state index contributed by atoms with van der Waals surface area (Å²) in [6.07, 6.45) is 0.958. The summed E-state index contributed by atoms with van der Waals surface area (Å²) < 4.78 is 0. The van der Waals surface area contributed by atoms with Gasteiger partial charge in [-0.2, -0.15) is 0 Å². The number of thiocarbonyl (C=S) groups is 1. The largest absolute Gasteiger partial charge is 0.342 e. The van der Waals surface area contributed by atoms with Gasteiger partial charge in [0.2, 0.25) is 0 Å². The van der Waals surface area contributed by atoms with E-state index in [4.69, 9.17) is 23.8 Å². The molecule has 6 heteroatoms. The average molecular weight is 351 g/mol. The summed E-state index contributed by atoms with van der Waals surface area (Å²) >= 11 is 13.3. The zero-order valence-corrected chi connectivity index (χ0v) is 14.4. The van der Waals surface area contributed by atoms with E-state index in [0.29, 0.717) is 15.7 Å². The Balaban J connectivity index is 1.73. The molecule has 0 bridgehead atoms. The normalized spacial score (nSPS) is 17.0. The molecule has 0 spiro atoms. The molecule has 1 aliphatic rings. The van der Waals surface area contributed by atoms with Gasteiger partial charge in [0.1, 0.15) is 0 Å². The Morgan fingerprint density at radius 2 is 2.18 bits per heavy atom. The van der Waals surface area contributed by atoms with Crippen molar-refractivity contribution in [1.29, 1.82) is 0 Å². The monoisotopic (exact) mass is 350 g/mol. The molecule has 22 heavy (non-hydrogen) atoms. The number of halogens is 1. The van der Waals surface area contributed by atoms with Gasteiger partial charge < -0.3 is 4.90 Å². The lowest BCUT2D eigenvalue weighted by molar-refractivity contribution is 0.0971. The minimum atomic E-state index is -0.265. The summed E-state index contributed by atoms with van der Waals surface area (Å²) in [5.41, 5.74) is 1.73. The highest BCUT2D eigenvalue weighted by Crippen LogP contribution is 2.32. The zero-order chi connectivity index (χ0) is 15.7. The minimum absolute atomic E-state index is 0.175. The molecule has 0 fully saturated rings. The highest BCUT2D eigenvalue weighted by Gasteiger charge is 2.27. The molecule has 0 radical (unpaired) electrons. The van der Waals surface area contributed by atoms with Crippen LogP contribution in [0, 0.1) is 0 Å². The molecule has 0 aliphatic carbocycles. The van der Waals surface area contributed by atoms with Gasteiger partial charge >= 0.3 is 0 Å². The maximum Gasteiger partial charge on any atom is 0.258 e. The number of carbonyl (C=O) groups excluding carboxylic acids is 1. The topological polar surface area (TPSA) is 32.3 Å². The van der Waals surface area contributed by atoms with Crippen LogP contribution >= 0.6 is 35.2 Å². The molecule has 0 saturated heterocycles. The first-order valence-electron chi connectivity index (χ1n) is 7.00. The number of thiophene rings is 1. The fraction of sp³-hybridized carbons (Fsp3) is 0.250. The predicted molar refractivity (Wildman–Crippen MR) is 94.7 cm³/mol. The summed E-state index contributed by atoms with van der Waals surface area (Å²) in [7, 11) is 0. The van der Waals surface area contributed by atoms with Crippen molar-refractivity contribution in [2.24, 2.45) is 0 Å². The molecule has 1 N–H and O–H groups in total. The molecule has 1 aromatic carbocycles. The first-order chi connectivity index (χ1) is 10.6. The molecule has 0 saturated carbocycles. The number of carbonyl (C=O) groups is 1. The van der Waals surface area contributed by atoms with E-state index >= 15 is 0 Å². The molecule has 3 nitrogen and oxygen atoms in total. The molecule has 3 rings (SSSR count). The number of benzene rings is 1. The fourth-order valence-electron chi connectivity index (χ4n) is 2.67. The van der Waals surface area contributed by atoms with Crippen molar-refractivity contribution in [3.8, 4) is 0 Å². The summed E-state index contributed by atoms with van der Waals surface area (Å²) in [5, 5.41) is 5.78. The van der Waals surface area contributed by atoms with Gasteiger partial charge in [-0.15, -0.1) is 11.3 Å². The lowest BCUT2D eigenvalue weighted by atomic mass is 10.0. The van der Waals surface area contributed by atoms with Crippen LogP contribution in [0.2, 0.25) is 5.02 Å². The first-order valence-corrected chi connectivity index (χ1v) is 8.67. The van der Waals surface area contributed by atoms with Crippen molar-refractivity contribution in [3.63, 3.8) is 0 Å². The average Bonchev–Trinajstić information content (AvgIpc) is 2.97. The van der Waals surface area contributed by atoms with E-state index in [0.717, 1.165) is 13.0 Å². The van der Waals surface area contributed by atoms with Crippen LogP contribution in [0.15, 0.2) is 35.7 Å². The van der Waals surface area contributed by atoms with E-state index in [9.17, 15) is 4.79 Å². The fourth-order valence-corrected chi connectivity index (χ4v) is 4.19. The number of hydrogen-bond donors (Lipinski definition) is 1. The number of nitrogens with zero attached hydrogens (tertiary/aromatic N) is 1. The summed E-state index contributed by atoms with van der Waals surface area (Å²) in [6.45, 7) is 2.93. The summed E-state index contributed by atoms with van der Waals surface area (Å²) in [5.74, 6) is -0.265. The smallest absolute Gasteiger partial charge is 0.258 e. The number of rotatable bonds is 1. The van der Waals surface area contributed by atoms with Gasteiger partial charge in [0.05, 0.1) is 16.6 Å². The summed E-state index contributed by atoms with van der Waals surface area (Å²) in [6, 6.07) is 9.27. The SMILES string of the molecule is C[C@@H]1c2ccsc2CCN1C(=S)NC(=O)c1ccccc1Cl. The van der Waals surface area contributed by atoms with Crippen molar-refractivity contribution in [3.05, 3.63) is 56.7 Å². The minimum Gasteiger partial charge on any atom is -0.342 e. The maximum atomic E-state index is 12.3. The molecule has 1 aliphatic heterocycles. The Kier molecular flexibility index (Phi) is 4.47. The molecule has 1 atom stereocenters. The third-order valence-electron chi connectivity index (χ3n) is 3.88. The van der Waals surface area contributed by atoms with E-state index in [1.54, 1.807) is 35.6 Å². The van der Waals surface area contributed by atoms with Crippen molar-refractivity contribution < 1.29 is 4.79 Å². The van der Waals surface area contributed by atoms with Crippen LogP contribution in [-0.2, 0) is 6.42 Å². The van der Waals surface area contributed by atoms with Crippen molar-refractivity contribution in [1.82, 2.24) is 10.2 Å². The Bertz CT molecular complexity index is 728. The van der Waals surface area contributed by atoms with Gasteiger partial charge in [0, 0.05) is 11.4 Å². The number of fused-ring (bicyclic) bond motifs is 1. The van der Waals surface area contributed by atoms with Crippen LogP contribution in [-0.4, -0.2) is 22.5 Å². The van der Waals surface area contributed by atoms with Gasteiger partial charge in [-0.05, 0) is 54.7 Å². The summed E-state index contributed by atoms with van der Waals surface area (Å²) in [4.78, 5) is 15.8. The maximum absolute atomic E-state index is 12.3. The number of nitrogens with one attached hydrogen (secondary N) is 1. The van der Waals surface area contributed by atoms with Gasteiger partial charge in [0.15, 0.2) is 5.11 Å². The molecular weight excluding hydrogens is 336 g/mol. The van der Waals surface area contributed by atoms with E-state index in [1.165, 1.54) is 10.4 Å². The Morgan fingerprint density at radius 3 is 2.95 bits per heavy atom. The van der Waals surface area contributed by atoms with Crippen LogP contribution < -0.4 is 5.32 Å². The third-order valence-corrected chi connectivity index (χ3v) is 5.54. The van der Waals surface area contributed by atoms with Gasteiger partial charge in [-0.3, -0.25) is 10.1 Å². The highest BCUT2D eigenvalue weighted by molar-refractivity contribution is 7.80. The quantitative estimate of drug-likeness (QED) is 0.788. The Hall–Kier alpha value is -1.43. The van der Waals surface area contributed by atoms with E-state index in [2.05, 4.69) is 28.6 Å². The van der Waals surface area contributed by atoms with Crippen molar-refractivity contribution in [2.75, 3.05) is 6.54 Å². The molecule has 114 valence electrons. The zero-order valence-electron chi connectivity index (χ0n) is 12.0. The molecule has 1 amide bonds. The Morgan fingerprint density at radius 1 is 1.41 bits per heavy atom. The van der Waals surface area contributed by atoms with Crippen LogP contribution in [0.4, 0.5) is 0 Å². The van der Waals surface area contributed by atoms with Crippen LogP contribution in [0.3, 0.4) is 0 Å². The van der Waals surface area contributed by atoms with Crippen molar-refractivity contribution in [2.45, 2.75) is 19.4 Å². The number of amides is 1. The second kappa shape index (κ2) is 6.36. The Labute approximate surface area is 143 Å². The number of hydrogen-bond acceptors (Lipinski definition) is 3. The first kappa shape index (κ1) is 15.5. The molecule has 0 unspecified atom stereocenters.